The van der Waals surface area contributed by atoms with E-state index in [1.54, 1.807) is 12.1 Å². The number of likely N-dealkylation sites (tertiary alicyclic amines) is 1. The number of alkyl carbamates (subject to hydrolysis) is 1. The summed E-state index contributed by atoms with van der Waals surface area (Å²) in [7, 11) is 0. The number of amides is 3. The van der Waals surface area contributed by atoms with Gasteiger partial charge in [-0.15, -0.1) is 0 Å². The Morgan fingerprint density at radius 1 is 0.857 bits per heavy atom. The Labute approximate surface area is 246 Å². The van der Waals surface area contributed by atoms with Gasteiger partial charge in [-0.1, -0.05) is 79.6 Å². The van der Waals surface area contributed by atoms with Crippen LogP contribution in [0.15, 0.2) is 84.9 Å². The van der Waals surface area contributed by atoms with Crippen molar-refractivity contribution in [1.82, 2.24) is 15.5 Å². The Balaban J connectivity index is 1.15. The molecule has 1 saturated carbocycles. The maximum absolute atomic E-state index is 14.3. The van der Waals surface area contributed by atoms with Crippen LogP contribution >= 0.6 is 0 Å². The first-order valence-corrected chi connectivity index (χ1v) is 15.0. The van der Waals surface area contributed by atoms with Gasteiger partial charge in [-0.25, -0.2) is 4.79 Å². The van der Waals surface area contributed by atoms with Crippen molar-refractivity contribution in [3.63, 3.8) is 0 Å². The second kappa shape index (κ2) is 12.7. The monoisotopic (exact) mass is 566 g/mol. The van der Waals surface area contributed by atoms with Gasteiger partial charge in [0.05, 0.1) is 12.0 Å². The van der Waals surface area contributed by atoms with Gasteiger partial charge in [-0.2, -0.15) is 0 Å². The second-order valence-electron chi connectivity index (χ2n) is 11.5. The van der Waals surface area contributed by atoms with Crippen LogP contribution in [0.3, 0.4) is 0 Å². The highest BCUT2D eigenvalue weighted by atomic mass is 16.5. The minimum atomic E-state index is -0.457. The number of nitrogens with zero attached hydrogens (tertiary/aromatic N) is 1. The van der Waals surface area contributed by atoms with Gasteiger partial charge >= 0.3 is 6.09 Å². The van der Waals surface area contributed by atoms with Crippen molar-refractivity contribution in [1.29, 1.82) is 0 Å². The van der Waals surface area contributed by atoms with Gasteiger partial charge in [0.25, 0.3) is 5.91 Å². The molecule has 6 rings (SSSR count). The molecule has 42 heavy (non-hydrogen) atoms. The fourth-order valence-electron chi connectivity index (χ4n) is 6.90. The van der Waals surface area contributed by atoms with E-state index < -0.39 is 6.09 Å². The number of carbonyl (C=O) groups excluding carboxylic acids is 3. The standard InChI is InChI=1S/C34H38N4O4/c39-32(24-13-5-2-6-14-24)37-29-18-10-8-16-27(29)33(40)38-20-19-26-30(36-28-17-9-7-15-25(28)31(26)38)21-35-34(41)42-22-23-11-3-1-4-12-23/h1-7,9,11-15,17,26-27,29-31,36H,8,10,16,18-22H2,(H,35,41)(H,37,39)/t26-,27+,29-,30+,31+/m1/s1. The molecule has 0 spiro atoms. The van der Waals surface area contributed by atoms with E-state index in [-0.39, 0.29) is 48.4 Å². The van der Waals surface area contributed by atoms with Crippen molar-refractivity contribution in [3.05, 3.63) is 102 Å². The predicted octanol–water partition coefficient (Wildman–Crippen LogP) is 5.29. The second-order valence-corrected chi connectivity index (χ2v) is 11.5. The van der Waals surface area contributed by atoms with Crippen LogP contribution in [-0.4, -0.2) is 48.0 Å². The van der Waals surface area contributed by atoms with Crippen LogP contribution in [0.25, 0.3) is 0 Å². The molecule has 0 aromatic heterocycles. The highest BCUT2D eigenvalue weighted by Gasteiger charge is 2.48. The van der Waals surface area contributed by atoms with Gasteiger partial charge in [-0.05, 0) is 48.6 Å². The molecule has 8 heteroatoms. The summed E-state index contributed by atoms with van der Waals surface area (Å²) in [5, 5.41) is 9.75. The van der Waals surface area contributed by atoms with Crippen LogP contribution in [0, 0.1) is 11.8 Å². The van der Waals surface area contributed by atoms with Crippen molar-refractivity contribution in [2.75, 3.05) is 18.4 Å². The molecule has 5 atom stereocenters. The van der Waals surface area contributed by atoms with Crippen LogP contribution in [0.1, 0.15) is 59.6 Å². The molecular weight excluding hydrogens is 528 g/mol. The fraction of sp³-hybridized carbons (Fsp3) is 0.382. The topological polar surface area (TPSA) is 99.8 Å². The zero-order chi connectivity index (χ0) is 28.9. The van der Waals surface area contributed by atoms with Gasteiger partial charge in [-0.3, -0.25) is 9.59 Å². The van der Waals surface area contributed by atoms with E-state index in [2.05, 4.69) is 22.0 Å². The Morgan fingerprint density at radius 2 is 1.57 bits per heavy atom. The highest BCUT2D eigenvalue weighted by Crippen LogP contribution is 2.47. The number of carbonyl (C=O) groups is 3. The Hall–Kier alpha value is -4.33. The summed E-state index contributed by atoms with van der Waals surface area (Å²) >= 11 is 0. The average Bonchev–Trinajstić information content (AvgIpc) is 3.49. The van der Waals surface area contributed by atoms with E-state index >= 15 is 0 Å². The number of anilines is 1. The summed E-state index contributed by atoms with van der Waals surface area (Å²) < 4.78 is 5.44. The van der Waals surface area contributed by atoms with E-state index in [0.29, 0.717) is 18.7 Å². The summed E-state index contributed by atoms with van der Waals surface area (Å²) in [5.74, 6) is -0.126. The highest BCUT2D eigenvalue weighted by molar-refractivity contribution is 5.95. The summed E-state index contributed by atoms with van der Waals surface area (Å²) in [6, 6.07) is 26.6. The summed E-state index contributed by atoms with van der Waals surface area (Å²) in [6.07, 6.45) is 3.91. The number of hydrogen-bond donors (Lipinski definition) is 3. The van der Waals surface area contributed by atoms with Crippen LogP contribution in [-0.2, 0) is 16.1 Å². The first-order valence-electron chi connectivity index (χ1n) is 15.0. The molecule has 0 bridgehead atoms. The Kier molecular flexibility index (Phi) is 8.40. The third-order valence-corrected chi connectivity index (χ3v) is 8.98. The third-order valence-electron chi connectivity index (χ3n) is 8.98. The molecule has 0 unspecified atom stereocenters. The molecule has 3 aromatic carbocycles. The SMILES string of the molecule is O=C(NC[C@@H]1Nc2ccccc2[C@H]2[C@@H]1CCN2C(=O)[C@H]1CCCC[C@H]1NC(=O)c1ccccc1)OCc1ccccc1. The molecule has 3 aromatic rings. The van der Waals surface area contributed by atoms with Crippen molar-refractivity contribution >= 4 is 23.6 Å². The lowest BCUT2D eigenvalue weighted by Crippen LogP contribution is -2.51. The molecule has 0 radical (unpaired) electrons. The molecule has 3 aliphatic rings. The molecule has 2 fully saturated rings. The summed E-state index contributed by atoms with van der Waals surface area (Å²) in [4.78, 5) is 41.8. The number of fused-ring (bicyclic) bond motifs is 3. The van der Waals surface area contributed by atoms with Gasteiger partial charge < -0.3 is 25.6 Å². The van der Waals surface area contributed by atoms with Crippen molar-refractivity contribution < 1.29 is 19.1 Å². The van der Waals surface area contributed by atoms with Crippen molar-refractivity contribution in [2.24, 2.45) is 11.8 Å². The van der Waals surface area contributed by atoms with E-state index in [0.717, 1.165) is 48.9 Å². The lowest BCUT2D eigenvalue weighted by Gasteiger charge is -2.42. The van der Waals surface area contributed by atoms with E-state index in [9.17, 15) is 14.4 Å². The fourth-order valence-corrected chi connectivity index (χ4v) is 6.90. The van der Waals surface area contributed by atoms with Gasteiger partial charge in [0.2, 0.25) is 5.91 Å². The predicted molar refractivity (Wildman–Crippen MR) is 161 cm³/mol. The zero-order valence-electron chi connectivity index (χ0n) is 23.7. The first kappa shape index (κ1) is 27.8. The maximum Gasteiger partial charge on any atom is 0.407 e. The molecule has 2 aliphatic heterocycles. The normalized spacial score (nSPS) is 24.5. The molecule has 2 heterocycles. The molecule has 1 aliphatic carbocycles. The molecule has 218 valence electrons. The Morgan fingerprint density at radius 3 is 2.38 bits per heavy atom. The van der Waals surface area contributed by atoms with Crippen LogP contribution in [0.2, 0.25) is 0 Å². The largest absolute Gasteiger partial charge is 0.445 e. The number of rotatable bonds is 7. The van der Waals surface area contributed by atoms with Crippen molar-refractivity contribution in [2.45, 2.75) is 56.8 Å². The van der Waals surface area contributed by atoms with E-state index in [4.69, 9.17) is 4.74 Å². The number of hydrogen-bond acceptors (Lipinski definition) is 5. The van der Waals surface area contributed by atoms with Crippen LogP contribution < -0.4 is 16.0 Å². The quantitative estimate of drug-likeness (QED) is 0.361. The van der Waals surface area contributed by atoms with Crippen LogP contribution in [0.5, 0.6) is 0 Å². The molecule has 3 amide bonds. The zero-order valence-corrected chi connectivity index (χ0v) is 23.7. The summed E-state index contributed by atoms with van der Waals surface area (Å²) in [5.41, 5.74) is 3.64. The average molecular weight is 567 g/mol. The smallest absolute Gasteiger partial charge is 0.407 e. The van der Waals surface area contributed by atoms with Gasteiger partial charge in [0.15, 0.2) is 0 Å². The van der Waals surface area contributed by atoms with E-state index in [1.165, 1.54) is 0 Å². The molecule has 3 N–H and O–H groups in total. The van der Waals surface area contributed by atoms with Gasteiger partial charge in [0.1, 0.15) is 6.61 Å². The third kappa shape index (κ3) is 5.98. The van der Waals surface area contributed by atoms with E-state index in [1.807, 2.05) is 71.6 Å². The van der Waals surface area contributed by atoms with Gasteiger partial charge in [0, 0.05) is 42.3 Å². The minimum Gasteiger partial charge on any atom is -0.445 e. The number of para-hydroxylation sites is 1. The Bertz CT molecular complexity index is 1400. The molecule has 1 saturated heterocycles. The maximum atomic E-state index is 14.3. The number of nitrogens with one attached hydrogen (secondary N) is 3. The molecular formula is C34H38N4O4. The van der Waals surface area contributed by atoms with Crippen LogP contribution in [0.4, 0.5) is 10.5 Å². The lowest BCUT2D eigenvalue weighted by molar-refractivity contribution is -0.138. The number of ether oxygens (including phenoxy) is 1. The molecule has 8 nitrogen and oxygen atoms in total. The first-order chi connectivity index (χ1) is 20.6. The minimum absolute atomic E-state index is 0.0492. The summed E-state index contributed by atoms with van der Waals surface area (Å²) in [6.45, 7) is 1.25. The number of benzene rings is 3. The lowest BCUT2D eigenvalue weighted by atomic mass is 9.81. The van der Waals surface area contributed by atoms with Crippen molar-refractivity contribution in [3.8, 4) is 0 Å².